The van der Waals surface area contributed by atoms with Gasteiger partial charge in [-0.3, -0.25) is 0 Å². The van der Waals surface area contributed by atoms with Crippen molar-refractivity contribution in [3.05, 3.63) is 42.7 Å². The van der Waals surface area contributed by atoms with E-state index in [1.165, 1.54) is 0 Å². The van der Waals surface area contributed by atoms with Gasteiger partial charge in [0.1, 0.15) is 5.76 Å². The van der Waals surface area contributed by atoms with Crippen LogP contribution in [0.15, 0.2) is 47.1 Å². The lowest BCUT2D eigenvalue weighted by atomic mass is 9.83. The van der Waals surface area contributed by atoms with Crippen LogP contribution in [-0.2, 0) is 4.65 Å². The number of furan rings is 1. The molecule has 1 aromatic heterocycles. The molecule has 2 N–H and O–H groups in total. The van der Waals surface area contributed by atoms with Gasteiger partial charge in [0.15, 0.2) is 0 Å². The molecule has 3 nitrogen and oxygen atoms in total. The minimum Gasteiger partial charge on any atom is -0.464 e. The van der Waals surface area contributed by atoms with Crippen molar-refractivity contribution >= 4 is 12.9 Å². The van der Waals surface area contributed by atoms with Crippen molar-refractivity contribution in [2.24, 2.45) is 5.73 Å². The number of rotatable bonds is 5. The van der Waals surface area contributed by atoms with Crippen LogP contribution in [0.25, 0.3) is 11.3 Å². The van der Waals surface area contributed by atoms with Gasteiger partial charge >= 0.3 is 7.48 Å². The first-order valence-electron chi connectivity index (χ1n) is 5.19. The lowest BCUT2D eigenvalue weighted by Gasteiger charge is -2.06. The van der Waals surface area contributed by atoms with Gasteiger partial charge in [-0.1, -0.05) is 24.3 Å². The maximum Gasteiger partial charge on any atom is 0.330 e. The number of hydrogen-bond acceptors (Lipinski definition) is 3. The van der Waals surface area contributed by atoms with Crippen LogP contribution in [0.5, 0.6) is 0 Å². The fourth-order valence-corrected chi connectivity index (χ4v) is 1.47. The molecule has 0 saturated carbocycles. The average molecular weight is 214 g/mol. The second kappa shape index (κ2) is 5.54. The van der Waals surface area contributed by atoms with Crippen LogP contribution >= 0.6 is 0 Å². The summed E-state index contributed by atoms with van der Waals surface area (Å²) in [5, 5.41) is 0. The first-order valence-corrected chi connectivity index (χ1v) is 5.19. The highest BCUT2D eigenvalue weighted by Gasteiger charge is 2.08. The van der Waals surface area contributed by atoms with Crippen LogP contribution in [0.3, 0.4) is 0 Å². The van der Waals surface area contributed by atoms with Crippen LogP contribution in [0, 0.1) is 0 Å². The summed E-state index contributed by atoms with van der Waals surface area (Å²) in [6.07, 6.45) is 1.66. The van der Waals surface area contributed by atoms with Crippen molar-refractivity contribution in [3.63, 3.8) is 0 Å². The molecule has 0 fully saturated rings. The zero-order valence-electron chi connectivity index (χ0n) is 8.93. The Bertz CT molecular complexity index is 428. The molecule has 0 bridgehead atoms. The van der Waals surface area contributed by atoms with E-state index in [2.05, 4.69) is 0 Å². The van der Waals surface area contributed by atoms with Gasteiger partial charge < -0.3 is 14.8 Å². The Morgan fingerprint density at radius 1 is 1.19 bits per heavy atom. The van der Waals surface area contributed by atoms with Crippen molar-refractivity contribution in [2.75, 3.05) is 13.2 Å². The summed E-state index contributed by atoms with van der Waals surface area (Å²) in [7, 11) is 1.71. The van der Waals surface area contributed by atoms with E-state index in [4.69, 9.17) is 14.8 Å². The third-order valence-electron chi connectivity index (χ3n) is 2.19. The molecule has 1 aromatic carbocycles. The maximum absolute atomic E-state index is 5.37. The summed E-state index contributed by atoms with van der Waals surface area (Å²) in [6, 6.07) is 11.7. The molecule has 0 aliphatic carbocycles. The fourth-order valence-electron chi connectivity index (χ4n) is 1.47. The van der Waals surface area contributed by atoms with E-state index in [9.17, 15) is 0 Å². The molecular formula is C12H13BNO2. The molecule has 4 heteroatoms. The van der Waals surface area contributed by atoms with E-state index in [1.54, 1.807) is 13.7 Å². The number of hydrogen-bond donors (Lipinski definition) is 1. The smallest absolute Gasteiger partial charge is 0.330 e. The highest BCUT2D eigenvalue weighted by molar-refractivity contribution is 6.49. The predicted molar refractivity (Wildman–Crippen MR) is 64.5 cm³/mol. The SMILES string of the molecule is NCCO[B]c1ccccc1-c1ccco1. The summed E-state index contributed by atoms with van der Waals surface area (Å²) in [5.41, 5.74) is 7.37. The first-order chi connectivity index (χ1) is 7.92. The van der Waals surface area contributed by atoms with Gasteiger partial charge in [0.25, 0.3) is 0 Å². The van der Waals surface area contributed by atoms with E-state index in [1.807, 2.05) is 36.4 Å². The molecule has 0 unspecified atom stereocenters. The zero-order chi connectivity index (χ0) is 11.2. The Hall–Kier alpha value is -1.52. The van der Waals surface area contributed by atoms with Gasteiger partial charge in [-0.25, -0.2) is 0 Å². The van der Waals surface area contributed by atoms with Crippen molar-refractivity contribution in [1.82, 2.24) is 0 Å². The van der Waals surface area contributed by atoms with Gasteiger partial charge in [-0.2, -0.15) is 0 Å². The minimum atomic E-state index is 0.513. The van der Waals surface area contributed by atoms with Gasteiger partial charge in [-0.15, -0.1) is 0 Å². The average Bonchev–Trinajstić information content (AvgIpc) is 2.83. The van der Waals surface area contributed by atoms with Crippen molar-refractivity contribution in [3.8, 4) is 11.3 Å². The molecule has 0 aliphatic rings. The quantitative estimate of drug-likeness (QED) is 0.600. The van der Waals surface area contributed by atoms with E-state index in [0.29, 0.717) is 13.2 Å². The molecular weight excluding hydrogens is 201 g/mol. The molecule has 81 valence electrons. The Morgan fingerprint density at radius 2 is 2.06 bits per heavy atom. The summed E-state index contributed by atoms with van der Waals surface area (Å²) < 4.78 is 10.7. The summed E-state index contributed by atoms with van der Waals surface area (Å²) in [4.78, 5) is 0. The molecule has 2 aromatic rings. The van der Waals surface area contributed by atoms with Crippen LogP contribution in [0.2, 0.25) is 0 Å². The van der Waals surface area contributed by atoms with E-state index in [0.717, 1.165) is 16.8 Å². The topological polar surface area (TPSA) is 48.4 Å². The molecule has 1 heterocycles. The van der Waals surface area contributed by atoms with Crippen LogP contribution in [0.1, 0.15) is 0 Å². The Labute approximate surface area is 95.5 Å². The standard InChI is InChI=1S/C12H13BNO2/c14-7-9-16-13-11-5-2-1-4-10(11)12-6-3-8-15-12/h1-6,8H,7,9,14H2. The van der Waals surface area contributed by atoms with E-state index in [-0.39, 0.29) is 0 Å². The number of benzene rings is 1. The lowest BCUT2D eigenvalue weighted by molar-refractivity contribution is 0.353. The maximum atomic E-state index is 5.37. The summed E-state index contributed by atoms with van der Waals surface area (Å²) in [6.45, 7) is 1.03. The predicted octanol–water partition coefficient (Wildman–Crippen LogP) is 1.17. The molecule has 2 rings (SSSR count). The largest absolute Gasteiger partial charge is 0.464 e. The third kappa shape index (κ3) is 2.54. The zero-order valence-corrected chi connectivity index (χ0v) is 8.93. The third-order valence-corrected chi connectivity index (χ3v) is 2.19. The second-order valence-corrected chi connectivity index (χ2v) is 3.34. The molecule has 0 spiro atoms. The van der Waals surface area contributed by atoms with Gasteiger partial charge in [0, 0.05) is 18.7 Å². The highest BCUT2D eigenvalue weighted by atomic mass is 16.4. The molecule has 16 heavy (non-hydrogen) atoms. The van der Waals surface area contributed by atoms with Crippen LogP contribution in [-0.4, -0.2) is 20.6 Å². The van der Waals surface area contributed by atoms with Gasteiger partial charge in [0.2, 0.25) is 0 Å². The second-order valence-electron chi connectivity index (χ2n) is 3.34. The molecule has 1 radical (unpaired) electrons. The molecule has 0 saturated heterocycles. The minimum absolute atomic E-state index is 0.513. The van der Waals surface area contributed by atoms with Gasteiger partial charge in [0.05, 0.1) is 6.26 Å². The van der Waals surface area contributed by atoms with Crippen molar-refractivity contribution in [2.45, 2.75) is 0 Å². The molecule has 0 aliphatic heterocycles. The molecule has 0 atom stereocenters. The van der Waals surface area contributed by atoms with Gasteiger partial charge in [-0.05, 0) is 17.6 Å². The number of nitrogens with two attached hydrogens (primary N) is 1. The normalized spacial score (nSPS) is 10.3. The highest BCUT2D eigenvalue weighted by Crippen LogP contribution is 2.16. The van der Waals surface area contributed by atoms with E-state index >= 15 is 0 Å². The fraction of sp³-hybridized carbons (Fsp3) is 0.167. The van der Waals surface area contributed by atoms with Crippen LogP contribution in [0.4, 0.5) is 0 Å². The lowest BCUT2D eigenvalue weighted by Crippen LogP contribution is -2.22. The Kier molecular flexibility index (Phi) is 3.80. The summed E-state index contributed by atoms with van der Waals surface area (Å²) in [5.74, 6) is 0.836. The molecule has 0 amide bonds. The van der Waals surface area contributed by atoms with E-state index < -0.39 is 0 Å². The Morgan fingerprint density at radius 3 is 2.81 bits per heavy atom. The first kappa shape index (κ1) is 11.0. The van der Waals surface area contributed by atoms with Crippen LogP contribution < -0.4 is 11.2 Å². The van der Waals surface area contributed by atoms with Crippen molar-refractivity contribution in [1.29, 1.82) is 0 Å². The Balaban J connectivity index is 2.18. The monoisotopic (exact) mass is 214 g/mol. The summed E-state index contributed by atoms with van der Waals surface area (Å²) >= 11 is 0. The van der Waals surface area contributed by atoms with Crippen molar-refractivity contribution < 1.29 is 9.07 Å².